The monoisotopic (exact) mass is 343 g/mol. The Kier molecular flexibility index (Phi) is 5.04. The summed E-state index contributed by atoms with van der Waals surface area (Å²) in [6.45, 7) is 2.30. The predicted octanol–water partition coefficient (Wildman–Crippen LogP) is 4.58. The molecule has 4 heteroatoms. The van der Waals surface area contributed by atoms with E-state index in [1.165, 1.54) is 36.1 Å². The van der Waals surface area contributed by atoms with Crippen LogP contribution >= 0.6 is 11.3 Å². The first-order valence-corrected chi connectivity index (χ1v) is 9.93. The summed E-state index contributed by atoms with van der Waals surface area (Å²) in [4.78, 5) is 1.49. The lowest BCUT2D eigenvalue weighted by Gasteiger charge is -2.24. The molecule has 0 amide bonds. The molecular weight excluding hydrogens is 318 g/mol. The van der Waals surface area contributed by atoms with E-state index in [9.17, 15) is 0 Å². The number of fused-ring (bicyclic) bond motifs is 1. The number of thiophene rings is 1. The van der Waals surface area contributed by atoms with E-state index in [1.54, 1.807) is 0 Å². The van der Waals surface area contributed by atoms with Gasteiger partial charge in [-0.3, -0.25) is 0 Å². The molecular formula is C20H25NO2S. The summed E-state index contributed by atoms with van der Waals surface area (Å²) in [5.41, 5.74) is 1.31. The van der Waals surface area contributed by atoms with Gasteiger partial charge in [-0.1, -0.05) is 25.0 Å². The van der Waals surface area contributed by atoms with Crippen molar-refractivity contribution in [2.24, 2.45) is 5.92 Å². The van der Waals surface area contributed by atoms with Crippen LogP contribution < -0.4 is 14.8 Å². The van der Waals surface area contributed by atoms with Crippen LogP contribution in [-0.4, -0.2) is 19.8 Å². The molecule has 0 radical (unpaired) electrons. The molecule has 0 spiro atoms. The number of rotatable bonds is 6. The summed E-state index contributed by atoms with van der Waals surface area (Å²) in [6.07, 6.45) is 6.51. The van der Waals surface area contributed by atoms with Gasteiger partial charge in [0, 0.05) is 10.9 Å². The molecule has 1 aliphatic carbocycles. The summed E-state index contributed by atoms with van der Waals surface area (Å²) in [5.74, 6) is 2.56. The number of benzene rings is 1. The fourth-order valence-corrected chi connectivity index (χ4v) is 4.77. The van der Waals surface area contributed by atoms with Crippen LogP contribution in [0.15, 0.2) is 35.7 Å². The van der Waals surface area contributed by atoms with Crippen LogP contribution in [0.1, 0.15) is 42.2 Å². The van der Waals surface area contributed by atoms with E-state index in [2.05, 4.69) is 35.0 Å². The van der Waals surface area contributed by atoms with Gasteiger partial charge in [-0.25, -0.2) is 0 Å². The van der Waals surface area contributed by atoms with Crippen molar-refractivity contribution >= 4 is 11.3 Å². The van der Waals surface area contributed by atoms with Gasteiger partial charge in [0.15, 0.2) is 11.5 Å². The zero-order valence-corrected chi connectivity index (χ0v) is 14.8. The van der Waals surface area contributed by atoms with E-state index in [0.717, 1.165) is 30.4 Å². The minimum Gasteiger partial charge on any atom is -0.486 e. The van der Waals surface area contributed by atoms with Crippen LogP contribution in [0.3, 0.4) is 0 Å². The first-order chi connectivity index (χ1) is 11.9. The van der Waals surface area contributed by atoms with Crippen LogP contribution in [-0.2, 0) is 6.42 Å². The molecule has 2 aromatic rings. The van der Waals surface area contributed by atoms with Crippen molar-refractivity contribution in [3.8, 4) is 11.5 Å². The molecule has 1 fully saturated rings. The second kappa shape index (κ2) is 7.58. The zero-order chi connectivity index (χ0) is 16.2. The highest BCUT2D eigenvalue weighted by Gasteiger charge is 2.26. The van der Waals surface area contributed by atoms with Crippen molar-refractivity contribution in [1.29, 1.82) is 0 Å². The van der Waals surface area contributed by atoms with Gasteiger partial charge < -0.3 is 14.8 Å². The van der Waals surface area contributed by atoms with Crippen molar-refractivity contribution in [1.82, 2.24) is 5.32 Å². The highest BCUT2D eigenvalue weighted by atomic mass is 32.1. The lowest BCUT2D eigenvalue weighted by molar-refractivity contribution is 0.171. The van der Waals surface area contributed by atoms with Crippen LogP contribution in [0.4, 0.5) is 0 Å². The van der Waals surface area contributed by atoms with E-state index in [4.69, 9.17) is 9.47 Å². The number of ether oxygens (including phenoxy) is 2. The lowest BCUT2D eigenvalue weighted by atomic mass is 9.96. The fraction of sp³-hybridized carbons (Fsp3) is 0.500. The van der Waals surface area contributed by atoms with Gasteiger partial charge in [-0.15, -0.1) is 11.3 Å². The molecule has 1 aliphatic heterocycles. The molecule has 1 unspecified atom stereocenters. The fourth-order valence-electron chi connectivity index (χ4n) is 3.87. The van der Waals surface area contributed by atoms with Gasteiger partial charge in [0.2, 0.25) is 0 Å². The van der Waals surface area contributed by atoms with Gasteiger partial charge in [0.25, 0.3) is 0 Å². The number of hydrogen-bond donors (Lipinski definition) is 1. The predicted molar refractivity (Wildman–Crippen MR) is 98.2 cm³/mol. The molecule has 24 heavy (non-hydrogen) atoms. The van der Waals surface area contributed by atoms with Gasteiger partial charge in [0.05, 0.1) is 0 Å². The third-order valence-corrected chi connectivity index (χ3v) is 6.06. The van der Waals surface area contributed by atoms with Crippen molar-refractivity contribution in [3.63, 3.8) is 0 Å². The maximum atomic E-state index is 5.69. The average molecular weight is 343 g/mol. The molecule has 2 heterocycles. The summed E-state index contributed by atoms with van der Waals surface area (Å²) in [7, 11) is 0. The molecule has 2 aliphatic rings. The van der Waals surface area contributed by atoms with Crippen molar-refractivity contribution in [2.75, 3.05) is 19.8 Å². The van der Waals surface area contributed by atoms with E-state index in [-0.39, 0.29) is 0 Å². The Morgan fingerprint density at radius 1 is 1.08 bits per heavy atom. The summed E-state index contributed by atoms with van der Waals surface area (Å²) >= 11 is 1.88. The third kappa shape index (κ3) is 3.60. The molecule has 4 rings (SSSR count). The van der Waals surface area contributed by atoms with E-state index < -0.39 is 0 Å². The first-order valence-electron chi connectivity index (χ1n) is 9.05. The molecule has 1 saturated carbocycles. The first kappa shape index (κ1) is 16.0. The van der Waals surface area contributed by atoms with Gasteiger partial charge in [-0.2, -0.15) is 0 Å². The highest BCUT2D eigenvalue weighted by Crippen LogP contribution is 2.37. The Labute approximate surface area is 148 Å². The molecule has 1 aromatic carbocycles. The summed E-state index contributed by atoms with van der Waals surface area (Å²) < 4.78 is 11.3. The smallest absolute Gasteiger partial charge is 0.161 e. The Hall–Kier alpha value is -1.52. The Morgan fingerprint density at radius 2 is 1.92 bits per heavy atom. The molecule has 1 atom stereocenters. The zero-order valence-electron chi connectivity index (χ0n) is 14.0. The Balaban J connectivity index is 1.38. The molecule has 3 nitrogen and oxygen atoms in total. The molecule has 0 bridgehead atoms. The topological polar surface area (TPSA) is 30.5 Å². The minimum absolute atomic E-state index is 0.518. The maximum Gasteiger partial charge on any atom is 0.161 e. The van der Waals surface area contributed by atoms with Gasteiger partial charge in [-0.05, 0) is 60.9 Å². The van der Waals surface area contributed by atoms with Crippen molar-refractivity contribution < 1.29 is 9.47 Å². The van der Waals surface area contributed by atoms with Crippen molar-refractivity contribution in [3.05, 3.63) is 46.2 Å². The largest absolute Gasteiger partial charge is 0.486 e. The number of nitrogens with one attached hydrogen (secondary N) is 1. The average Bonchev–Trinajstić information content (AvgIpc) is 3.32. The lowest BCUT2D eigenvalue weighted by Crippen LogP contribution is -2.28. The highest BCUT2D eigenvalue weighted by molar-refractivity contribution is 7.10. The second-order valence-corrected chi connectivity index (χ2v) is 7.70. The minimum atomic E-state index is 0.518. The summed E-state index contributed by atoms with van der Waals surface area (Å²) in [5, 5.41) is 6.03. The maximum absolute atomic E-state index is 5.69. The number of hydrogen-bond acceptors (Lipinski definition) is 4. The van der Waals surface area contributed by atoms with Crippen LogP contribution in [0.5, 0.6) is 11.5 Å². The normalized spacial score (nSPS) is 18.7. The molecule has 1 N–H and O–H groups in total. The van der Waals surface area contributed by atoms with Gasteiger partial charge in [0.1, 0.15) is 13.2 Å². The third-order valence-electron chi connectivity index (χ3n) is 5.11. The Bertz CT molecular complexity index is 650. The van der Waals surface area contributed by atoms with Crippen molar-refractivity contribution in [2.45, 2.75) is 38.1 Å². The van der Waals surface area contributed by atoms with E-state index in [0.29, 0.717) is 19.3 Å². The van der Waals surface area contributed by atoms with E-state index in [1.807, 2.05) is 17.4 Å². The quantitative estimate of drug-likeness (QED) is 0.832. The van der Waals surface area contributed by atoms with Crippen LogP contribution in [0.2, 0.25) is 0 Å². The molecule has 1 aromatic heterocycles. The van der Waals surface area contributed by atoms with Crippen LogP contribution in [0, 0.1) is 5.92 Å². The van der Waals surface area contributed by atoms with E-state index >= 15 is 0 Å². The van der Waals surface area contributed by atoms with Crippen LogP contribution in [0.25, 0.3) is 0 Å². The SMILES string of the molecule is c1csc(C(NCCc2ccc3c(c2)OCCO3)C2CCCC2)c1. The molecule has 0 saturated heterocycles. The second-order valence-electron chi connectivity index (χ2n) is 6.72. The summed E-state index contributed by atoms with van der Waals surface area (Å²) in [6, 6.07) is 11.3. The van der Waals surface area contributed by atoms with Gasteiger partial charge >= 0.3 is 0 Å². The Morgan fingerprint density at radius 3 is 2.71 bits per heavy atom. The standard InChI is InChI=1S/C20H25NO2S/c1-2-5-16(4-1)20(19-6-3-13-24-19)21-10-9-15-7-8-17-18(14-15)23-12-11-22-17/h3,6-8,13-14,16,20-21H,1-2,4-5,9-12H2. The molecule has 128 valence electrons.